The maximum atomic E-state index is 12.0. The van der Waals surface area contributed by atoms with Crippen LogP contribution in [0.4, 0.5) is 0 Å². The summed E-state index contributed by atoms with van der Waals surface area (Å²) in [6.07, 6.45) is 12.9. The zero-order valence-corrected chi connectivity index (χ0v) is 48.2. The molecule has 3 aliphatic heterocycles. The minimum Gasteiger partial charge on any atom is 1.00 e. The van der Waals surface area contributed by atoms with E-state index in [9.17, 15) is 28.8 Å². The van der Waals surface area contributed by atoms with Gasteiger partial charge in [0.15, 0.2) is 17.4 Å². The Morgan fingerprint density at radius 3 is 1.26 bits per heavy atom. The van der Waals surface area contributed by atoms with E-state index in [1.807, 2.05) is 9.12 Å². The van der Waals surface area contributed by atoms with Crippen LogP contribution in [0.25, 0.3) is 0 Å². The van der Waals surface area contributed by atoms with Crippen LogP contribution < -0.4 is 62.4 Å². The van der Waals surface area contributed by atoms with Crippen LogP contribution in [0.15, 0.2) is 0 Å². The Bertz CT molecular complexity index is 1480. The number of ether oxygens (including phenoxy) is 8. The average molecular weight is 1100 g/mol. The number of carbonyl (C=O) groups excluding carboxylic acids is 5. The van der Waals surface area contributed by atoms with Crippen molar-refractivity contribution < 1.29 is 127 Å². The number of esters is 2. The SMILES string of the molecule is CCCCCC(=O)N[C@@H]1CC2(C[C@@H]1C(=O)NO)OCCO2.CCCCCC(=O)N[C@@H]1CC2(C[C@@H]1C(=O)OC)OCCO2.CCCCCC(=O)O.CO.COC(=O)[C@H]1CC2(C[C@H]1N)OCCO2.C[O-].NO.O=BP.[Na+]. The van der Waals surface area contributed by atoms with E-state index in [4.69, 9.17) is 69.3 Å². The first-order valence-corrected chi connectivity index (χ1v) is 25.5. The Hall–Kier alpha value is -2.37. The van der Waals surface area contributed by atoms with Gasteiger partial charge in [-0.2, -0.15) is 7.11 Å². The van der Waals surface area contributed by atoms with E-state index in [1.165, 1.54) is 14.2 Å². The summed E-state index contributed by atoms with van der Waals surface area (Å²) < 4.78 is 51.8. The first-order valence-electron chi connectivity index (χ1n) is 24.8. The number of hydrogen-bond donors (Lipinski definition) is 9. The van der Waals surface area contributed by atoms with E-state index in [2.05, 4.69) is 42.0 Å². The van der Waals surface area contributed by atoms with Gasteiger partial charge in [-0.1, -0.05) is 59.3 Å². The fourth-order valence-corrected chi connectivity index (χ4v) is 8.97. The fraction of sp³-hybridized carbons (Fsp3) is 0.870. The van der Waals surface area contributed by atoms with Gasteiger partial charge in [0.1, 0.15) is 0 Å². The van der Waals surface area contributed by atoms with Crippen LogP contribution in [0.3, 0.4) is 0 Å². The smallest absolute Gasteiger partial charge is 1.00 e. The van der Waals surface area contributed by atoms with Gasteiger partial charge in [-0.3, -0.25) is 34.0 Å². The molecule has 6 fully saturated rings. The number of hydroxylamine groups is 1. The molecule has 6 rings (SSSR count). The number of carboxylic acid groups (broad SMARTS) is 1. The molecule has 3 amide bonds. The largest absolute Gasteiger partial charge is 1.00 e. The van der Waals surface area contributed by atoms with Crippen molar-refractivity contribution in [3.05, 3.63) is 0 Å². The quantitative estimate of drug-likeness (QED) is 0.0192. The van der Waals surface area contributed by atoms with Crippen LogP contribution in [0.5, 0.6) is 0 Å². The van der Waals surface area contributed by atoms with Crippen molar-refractivity contribution in [3.8, 4) is 0 Å². The molecule has 0 bridgehead atoms. The molecule has 6 aliphatic rings. The minimum absolute atomic E-state index is 0. The predicted molar refractivity (Wildman–Crippen MR) is 264 cm³/mol. The summed E-state index contributed by atoms with van der Waals surface area (Å²) >= 11 is 0. The van der Waals surface area contributed by atoms with Crippen molar-refractivity contribution in [1.82, 2.24) is 16.1 Å². The molecule has 0 aromatic rings. The number of nitrogens with one attached hydrogen (secondary N) is 3. The Balaban J connectivity index is -0.000000892. The summed E-state index contributed by atoms with van der Waals surface area (Å²) in [6.45, 7) is 10.1. The normalized spacial score (nSPS) is 23.3. The average Bonchev–Trinajstić information content (AvgIpc) is 4.29. The van der Waals surface area contributed by atoms with Crippen LogP contribution in [0, 0.1) is 17.8 Å². The molecular formula is C46H88BN5NaO20P. The number of aliphatic carboxylic acids is 1. The van der Waals surface area contributed by atoms with Gasteiger partial charge in [0.25, 0.3) is 0 Å². The van der Waals surface area contributed by atoms with Gasteiger partial charge in [-0.15, -0.1) is 0 Å². The van der Waals surface area contributed by atoms with Crippen molar-refractivity contribution in [2.75, 3.05) is 68.1 Å². The third kappa shape index (κ3) is 28.3. The van der Waals surface area contributed by atoms with Gasteiger partial charge in [-0.25, -0.2) is 11.4 Å². The van der Waals surface area contributed by atoms with Gasteiger partial charge < -0.3 is 74.8 Å². The molecule has 0 aromatic heterocycles. The van der Waals surface area contributed by atoms with Gasteiger partial charge in [0, 0.05) is 83.0 Å². The molecule has 3 saturated heterocycles. The van der Waals surface area contributed by atoms with Crippen molar-refractivity contribution in [3.63, 3.8) is 0 Å². The summed E-state index contributed by atoms with van der Waals surface area (Å²) in [7, 11) is 6.38. The first kappa shape index (κ1) is 75.9. The van der Waals surface area contributed by atoms with Crippen LogP contribution in [-0.4, -0.2) is 167 Å². The van der Waals surface area contributed by atoms with Gasteiger partial charge >= 0.3 is 68.2 Å². The van der Waals surface area contributed by atoms with E-state index in [0.717, 1.165) is 72.0 Å². The molecule has 0 aromatic carbocycles. The second kappa shape index (κ2) is 44.6. The zero-order chi connectivity index (χ0) is 55.9. The fourth-order valence-electron chi connectivity index (χ4n) is 8.97. The number of rotatable bonds is 17. The van der Waals surface area contributed by atoms with Crippen molar-refractivity contribution in [1.29, 1.82) is 0 Å². The molecule has 3 spiro atoms. The third-order valence-electron chi connectivity index (χ3n) is 12.3. The van der Waals surface area contributed by atoms with Crippen molar-refractivity contribution in [2.24, 2.45) is 29.4 Å². The summed E-state index contributed by atoms with van der Waals surface area (Å²) in [4.78, 5) is 68.9. The number of hydrogen-bond acceptors (Lipinski definition) is 21. The molecule has 0 radical (unpaired) electrons. The molecule has 426 valence electrons. The number of aliphatic hydroxyl groups is 1. The monoisotopic (exact) mass is 1100 g/mol. The van der Waals surface area contributed by atoms with E-state index < -0.39 is 41.1 Å². The van der Waals surface area contributed by atoms with Gasteiger partial charge in [0.2, 0.25) is 17.7 Å². The Morgan fingerprint density at radius 1 is 0.608 bits per heavy atom. The van der Waals surface area contributed by atoms with E-state index in [0.29, 0.717) is 104 Å². The van der Waals surface area contributed by atoms with E-state index >= 15 is 0 Å². The number of methoxy groups -OCH3 is 2. The second-order valence-electron chi connectivity index (χ2n) is 17.3. The van der Waals surface area contributed by atoms with Crippen molar-refractivity contribution >= 4 is 51.6 Å². The third-order valence-corrected chi connectivity index (χ3v) is 12.3. The van der Waals surface area contributed by atoms with Crippen LogP contribution in [0.1, 0.15) is 136 Å². The van der Waals surface area contributed by atoms with Crippen LogP contribution >= 0.6 is 9.12 Å². The molecule has 3 aliphatic carbocycles. The number of amides is 3. The molecule has 11 N–H and O–H groups in total. The summed E-state index contributed by atoms with van der Waals surface area (Å²) in [6, 6.07) is -0.866. The maximum absolute atomic E-state index is 12.0. The Morgan fingerprint density at radius 2 is 0.919 bits per heavy atom. The Labute approximate surface area is 461 Å². The summed E-state index contributed by atoms with van der Waals surface area (Å²) in [5, 5.41) is 44.6. The topological polar surface area (TPSA) is 385 Å². The maximum Gasteiger partial charge on any atom is 1.00 e. The molecule has 3 heterocycles. The number of unbranched alkanes of at least 4 members (excludes halogenated alkanes) is 6. The number of nitrogens with two attached hydrogens (primary N) is 2. The minimum atomic E-state index is -0.793. The second-order valence-corrected chi connectivity index (χ2v) is 17.6. The molecule has 25 nitrogen and oxygen atoms in total. The molecule has 7 atom stereocenters. The van der Waals surface area contributed by atoms with Gasteiger partial charge in [0.05, 0.1) is 71.6 Å². The molecular weight excluding hydrogens is 1010 g/mol. The molecule has 74 heavy (non-hydrogen) atoms. The summed E-state index contributed by atoms with van der Waals surface area (Å²) in [5.41, 5.74) is 7.52. The zero-order valence-electron chi connectivity index (χ0n) is 45.1. The van der Waals surface area contributed by atoms with E-state index in [1.54, 1.807) is 5.48 Å². The molecule has 3 saturated carbocycles. The van der Waals surface area contributed by atoms with Crippen LogP contribution in [0.2, 0.25) is 0 Å². The predicted octanol–water partition coefficient (Wildman–Crippen LogP) is -1.87. The first-order chi connectivity index (χ1) is 35.1. The molecule has 28 heteroatoms. The summed E-state index contributed by atoms with van der Waals surface area (Å²) in [5.74, 6) is -1.72. The number of aliphatic hydroxyl groups excluding tert-OH is 1. The van der Waals surface area contributed by atoms with Crippen molar-refractivity contribution in [2.45, 2.75) is 172 Å². The van der Waals surface area contributed by atoms with Gasteiger partial charge in [-0.05, 0) is 19.3 Å². The number of carbonyl (C=O) groups is 6. The van der Waals surface area contributed by atoms with Crippen LogP contribution in [-0.2, 0) is 71.4 Å². The van der Waals surface area contributed by atoms with E-state index in [-0.39, 0.29) is 77.4 Å². The molecule has 1 unspecified atom stereocenters. The standard InChI is InChI=1S/C15H25NO5.C14H24N2O5.C9H15NO4.C6H12O2.CH4O.CH3O.BH2OP.H3NO.Na/c1-3-4-5-6-13(17)16-12-10-15(20-7-8-21-15)9-11(12)14(18)19-2;1-2-3-4-5-12(17)15-11-9-14(20-6-7-21-14)8-10(11)13(18)16-19;1-12-8(11)6-4-9(5-7(6)10)13-2-3-14-9;1-2-3-4-5-6(7)8;2*1-2;2-1-3;1-2;/h11-12H,3-10H2,1-2H3,(H,16,17);10-11,19H,2-9H2,1H3,(H,15,17)(H,16,18);6-7H,2-5,10H2,1H3;2-5H2,1H3,(H,7,8);2H,1H3;1H3;3H2;2H,1H2;/q;;;;;-1;;;+1/t11-,12+;10-,11+;6-,7+;;;;;;/m000....../s1. The number of carboxylic acids is 1. The Kier molecular flexibility index (Phi) is 45.7.